The third-order valence-electron chi connectivity index (χ3n) is 3.55. The lowest BCUT2D eigenvalue weighted by atomic mass is 10.2. The molecule has 0 unspecified atom stereocenters. The highest BCUT2D eigenvalue weighted by Gasteiger charge is 2.03. The van der Waals surface area contributed by atoms with Gasteiger partial charge in [-0.25, -0.2) is 0 Å². The van der Waals surface area contributed by atoms with Gasteiger partial charge >= 0.3 is 0 Å². The standard InChI is InChI=1S/C19H23N3O3S/c1-14-3-7-17(8-4-14)25-12-11-18(23)21-22-19(26)20-13-15-5-9-16(24-2)10-6-15/h3-10H,11-13H2,1-2H3,(H,21,23)(H2,20,22,26). The summed E-state index contributed by atoms with van der Waals surface area (Å²) in [5.74, 6) is 1.34. The number of thiocarbonyl (C=S) groups is 1. The van der Waals surface area contributed by atoms with E-state index in [0.29, 0.717) is 18.3 Å². The minimum Gasteiger partial charge on any atom is -0.497 e. The number of carbonyl (C=O) groups is 1. The lowest BCUT2D eigenvalue weighted by Crippen LogP contribution is -2.46. The fourth-order valence-electron chi connectivity index (χ4n) is 2.05. The summed E-state index contributed by atoms with van der Waals surface area (Å²) in [5, 5.41) is 3.35. The SMILES string of the molecule is COc1ccc(CNC(=S)NNC(=O)CCOc2ccc(C)cc2)cc1. The van der Waals surface area contributed by atoms with Crippen LogP contribution in [0.4, 0.5) is 0 Å². The van der Waals surface area contributed by atoms with Crippen LogP contribution in [0.25, 0.3) is 0 Å². The number of hydrogen-bond acceptors (Lipinski definition) is 4. The van der Waals surface area contributed by atoms with Gasteiger partial charge in [-0.15, -0.1) is 0 Å². The summed E-state index contributed by atoms with van der Waals surface area (Å²) in [4.78, 5) is 11.8. The van der Waals surface area contributed by atoms with Crippen molar-refractivity contribution >= 4 is 23.2 Å². The Labute approximate surface area is 158 Å². The van der Waals surface area contributed by atoms with Gasteiger partial charge in [0.25, 0.3) is 0 Å². The van der Waals surface area contributed by atoms with E-state index >= 15 is 0 Å². The van der Waals surface area contributed by atoms with Crippen molar-refractivity contribution in [2.75, 3.05) is 13.7 Å². The van der Waals surface area contributed by atoms with Crippen LogP contribution in [0.1, 0.15) is 17.5 Å². The van der Waals surface area contributed by atoms with E-state index in [-0.39, 0.29) is 12.3 Å². The molecule has 1 amide bonds. The van der Waals surface area contributed by atoms with Gasteiger partial charge in [-0.05, 0) is 49.0 Å². The second-order valence-corrected chi connectivity index (χ2v) is 6.02. The molecule has 26 heavy (non-hydrogen) atoms. The summed E-state index contributed by atoms with van der Waals surface area (Å²) in [6, 6.07) is 15.3. The van der Waals surface area contributed by atoms with Gasteiger partial charge < -0.3 is 14.8 Å². The Hall–Kier alpha value is -2.80. The van der Waals surface area contributed by atoms with Gasteiger partial charge in [0.2, 0.25) is 5.91 Å². The Morgan fingerprint density at radius 2 is 1.65 bits per heavy atom. The second kappa shape index (κ2) is 10.2. The number of amides is 1. The van der Waals surface area contributed by atoms with Crippen molar-refractivity contribution in [3.05, 3.63) is 59.7 Å². The van der Waals surface area contributed by atoms with Crippen LogP contribution in [0.15, 0.2) is 48.5 Å². The van der Waals surface area contributed by atoms with Crippen LogP contribution in [-0.2, 0) is 11.3 Å². The molecule has 2 rings (SSSR count). The average Bonchev–Trinajstić information content (AvgIpc) is 2.66. The highest BCUT2D eigenvalue weighted by molar-refractivity contribution is 7.80. The number of carbonyl (C=O) groups excluding carboxylic acids is 1. The fourth-order valence-corrected chi connectivity index (χ4v) is 2.18. The summed E-state index contributed by atoms with van der Waals surface area (Å²) in [6.45, 7) is 2.85. The fraction of sp³-hybridized carbons (Fsp3) is 0.263. The van der Waals surface area contributed by atoms with Crippen LogP contribution in [0.3, 0.4) is 0 Å². The molecule has 0 atom stereocenters. The molecule has 3 N–H and O–H groups in total. The van der Waals surface area contributed by atoms with Gasteiger partial charge in [0.05, 0.1) is 20.1 Å². The molecule has 0 radical (unpaired) electrons. The maximum absolute atomic E-state index is 11.8. The molecule has 0 aliphatic carbocycles. The first kappa shape index (κ1) is 19.5. The van der Waals surface area contributed by atoms with Crippen LogP contribution < -0.4 is 25.6 Å². The molecular weight excluding hydrogens is 350 g/mol. The molecule has 2 aromatic rings. The topological polar surface area (TPSA) is 71.6 Å². The molecule has 2 aromatic carbocycles. The van der Waals surface area contributed by atoms with Gasteiger partial charge in [-0.3, -0.25) is 15.6 Å². The molecule has 6 nitrogen and oxygen atoms in total. The number of hydrogen-bond donors (Lipinski definition) is 3. The van der Waals surface area contributed by atoms with E-state index in [1.807, 2.05) is 55.5 Å². The quantitative estimate of drug-likeness (QED) is 0.512. The maximum atomic E-state index is 11.8. The molecule has 7 heteroatoms. The Balaban J connectivity index is 1.60. The summed E-state index contributed by atoms with van der Waals surface area (Å²) in [5.41, 5.74) is 7.42. The lowest BCUT2D eigenvalue weighted by molar-refractivity contribution is -0.122. The third kappa shape index (κ3) is 6.98. The van der Waals surface area contributed by atoms with E-state index < -0.39 is 0 Å². The number of ether oxygens (including phenoxy) is 2. The highest BCUT2D eigenvalue weighted by Crippen LogP contribution is 2.12. The first-order valence-electron chi connectivity index (χ1n) is 8.22. The van der Waals surface area contributed by atoms with Crippen molar-refractivity contribution in [1.82, 2.24) is 16.2 Å². The zero-order valence-electron chi connectivity index (χ0n) is 14.9. The van der Waals surface area contributed by atoms with Gasteiger partial charge in [0, 0.05) is 6.54 Å². The summed E-state index contributed by atoms with van der Waals surface area (Å²) < 4.78 is 10.6. The summed E-state index contributed by atoms with van der Waals surface area (Å²) in [7, 11) is 1.63. The molecule has 0 heterocycles. The molecule has 0 bridgehead atoms. The van der Waals surface area contributed by atoms with Crippen molar-refractivity contribution in [3.8, 4) is 11.5 Å². The lowest BCUT2D eigenvalue weighted by Gasteiger charge is -2.12. The molecule has 0 aliphatic rings. The normalized spacial score (nSPS) is 9.92. The minimum atomic E-state index is -0.203. The zero-order chi connectivity index (χ0) is 18.8. The van der Waals surface area contributed by atoms with Crippen LogP contribution in [-0.4, -0.2) is 24.7 Å². The van der Waals surface area contributed by atoms with E-state index in [2.05, 4.69) is 16.2 Å². The predicted octanol–water partition coefficient (Wildman–Crippen LogP) is 2.47. The van der Waals surface area contributed by atoms with Gasteiger partial charge in [-0.2, -0.15) is 0 Å². The summed E-state index contributed by atoms with van der Waals surface area (Å²) >= 11 is 5.13. The predicted molar refractivity (Wildman–Crippen MR) is 105 cm³/mol. The number of nitrogens with one attached hydrogen (secondary N) is 3. The van der Waals surface area contributed by atoms with Crippen molar-refractivity contribution in [2.45, 2.75) is 19.9 Å². The Morgan fingerprint density at radius 3 is 2.31 bits per heavy atom. The van der Waals surface area contributed by atoms with Gasteiger partial charge in [-0.1, -0.05) is 29.8 Å². The zero-order valence-corrected chi connectivity index (χ0v) is 15.7. The first-order valence-corrected chi connectivity index (χ1v) is 8.63. The van der Waals surface area contributed by atoms with Crippen LogP contribution in [0.2, 0.25) is 0 Å². The van der Waals surface area contributed by atoms with E-state index in [4.69, 9.17) is 21.7 Å². The first-order chi connectivity index (χ1) is 12.6. The van der Waals surface area contributed by atoms with Gasteiger partial charge in [0.1, 0.15) is 11.5 Å². The number of benzene rings is 2. The van der Waals surface area contributed by atoms with E-state index in [1.165, 1.54) is 0 Å². The molecule has 0 saturated heterocycles. The average molecular weight is 373 g/mol. The Bertz CT molecular complexity index is 718. The number of rotatable bonds is 7. The molecule has 0 aromatic heterocycles. The van der Waals surface area contributed by atoms with Crippen molar-refractivity contribution in [3.63, 3.8) is 0 Å². The molecule has 0 fully saturated rings. The molecule has 138 valence electrons. The van der Waals surface area contributed by atoms with E-state index in [1.54, 1.807) is 7.11 Å². The van der Waals surface area contributed by atoms with E-state index in [9.17, 15) is 4.79 Å². The largest absolute Gasteiger partial charge is 0.497 e. The molecule has 0 aliphatic heterocycles. The molecule has 0 spiro atoms. The van der Waals surface area contributed by atoms with E-state index in [0.717, 1.165) is 22.6 Å². The number of methoxy groups -OCH3 is 1. The van der Waals surface area contributed by atoms with Crippen LogP contribution in [0.5, 0.6) is 11.5 Å². The van der Waals surface area contributed by atoms with Gasteiger partial charge in [0.15, 0.2) is 5.11 Å². The highest BCUT2D eigenvalue weighted by atomic mass is 32.1. The Morgan fingerprint density at radius 1 is 1.00 bits per heavy atom. The maximum Gasteiger partial charge on any atom is 0.241 e. The van der Waals surface area contributed by atoms with Crippen molar-refractivity contribution in [2.24, 2.45) is 0 Å². The monoisotopic (exact) mass is 373 g/mol. The van der Waals surface area contributed by atoms with Crippen molar-refractivity contribution < 1.29 is 14.3 Å². The second-order valence-electron chi connectivity index (χ2n) is 5.62. The van der Waals surface area contributed by atoms with Crippen molar-refractivity contribution in [1.29, 1.82) is 0 Å². The number of hydrazine groups is 1. The third-order valence-corrected chi connectivity index (χ3v) is 3.79. The smallest absolute Gasteiger partial charge is 0.241 e. The molecule has 0 saturated carbocycles. The number of aryl methyl sites for hydroxylation is 1. The summed E-state index contributed by atoms with van der Waals surface area (Å²) in [6.07, 6.45) is 0.224. The van der Waals surface area contributed by atoms with Crippen LogP contribution >= 0.6 is 12.2 Å². The Kier molecular flexibility index (Phi) is 7.70. The van der Waals surface area contributed by atoms with Crippen LogP contribution in [0, 0.1) is 6.92 Å². The molecular formula is C19H23N3O3S. The minimum absolute atomic E-state index is 0.203.